The second kappa shape index (κ2) is 8.16. The highest BCUT2D eigenvalue weighted by Crippen LogP contribution is 2.23. The number of nitrogens with one attached hydrogen (secondary N) is 2. The Bertz CT molecular complexity index is 184. The summed E-state index contributed by atoms with van der Waals surface area (Å²) in [6.07, 6.45) is 2.18. The maximum Gasteiger partial charge on any atom is 0.314 e. The van der Waals surface area contributed by atoms with Crippen molar-refractivity contribution >= 4 is 29.6 Å². The van der Waals surface area contributed by atoms with E-state index in [9.17, 15) is 4.79 Å². The summed E-state index contributed by atoms with van der Waals surface area (Å²) < 4.78 is 0. The van der Waals surface area contributed by atoms with Gasteiger partial charge in [0.25, 0.3) is 0 Å². The van der Waals surface area contributed by atoms with Crippen molar-refractivity contribution in [2.24, 2.45) is 0 Å². The highest BCUT2D eigenvalue weighted by molar-refractivity contribution is 8.06. The van der Waals surface area contributed by atoms with Crippen LogP contribution in [0.25, 0.3) is 0 Å². The van der Waals surface area contributed by atoms with Crippen LogP contribution >= 0.6 is 23.5 Å². The molecule has 1 saturated heterocycles. The van der Waals surface area contributed by atoms with Gasteiger partial charge in [-0.2, -0.15) is 23.5 Å². The summed E-state index contributed by atoms with van der Waals surface area (Å²) in [5.74, 6) is 3.64. The zero-order valence-electron chi connectivity index (χ0n) is 9.25. The fraction of sp³-hybridized carbons (Fsp3) is 0.900. The van der Waals surface area contributed by atoms with E-state index in [0.29, 0.717) is 5.25 Å². The molecule has 0 aromatic heterocycles. The number of urea groups is 1. The number of unbranched alkanes of at least 4 members (excludes halogenated alkanes) is 1. The van der Waals surface area contributed by atoms with Gasteiger partial charge in [0, 0.05) is 35.6 Å². The molecule has 1 aliphatic rings. The molecule has 0 radical (unpaired) electrons. The summed E-state index contributed by atoms with van der Waals surface area (Å²) in [4.78, 5) is 11.3. The quantitative estimate of drug-likeness (QED) is 0.731. The van der Waals surface area contributed by atoms with Crippen molar-refractivity contribution in [1.82, 2.24) is 10.6 Å². The van der Waals surface area contributed by atoms with E-state index in [-0.39, 0.29) is 6.03 Å². The maximum absolute atomic E-state index is 11.3. The van der Waals surface area contributed by atoms with Gasteiger partial charge in [-0.05, 0) is 6.42 Å². The first-order valence-electron chi connectivity index (χ1n) is 5.54. The number of carbonyl (C=O) groups is 1. The highest BCUT2D eigenvalue weighted by atomic mass is 32.2. The topological polar surface area (TPSA) is 41.1 Å². The van der Waals surface area contributed by atoms with Gasteiger partial charge in [0.05, 0.1) is 0 Å². The molecular formula is C10H20N2OS2. The minimum Gasteiger partial charge on any atom is -0.338 e. The molecule has 0 aromatic carbocycles. The van der Waals surface area contributed by atoms with E-state index < -0.39 is 0 Å². The molecule has 2 N–H and O–H groups in total. The van der Waals surface area contributed by atoms with Crippen LogP contribution in [-0.2, 0) is 0 Å². The molecule has 0 saturated carbocycles. The first-order chi connectivity index (χ1) is 7.33. The molecule has 1 aliphatic heterocycles. The summed E-state index contributed by atoms with van der Waals surface area (Å²) in [5, 5.41) is 6.38. The third-order valence-electron chi connectivity index (χ3n) is 2.19. The molecule has 15 heavy (non-hydrogen) atoms. The third-order valence-corrected chi connectivity index (χ3v) is 5.04. The van der Waals surface area contributed by atoms with Crippen molar-refractivity contribution in [2.75, 3.05) is 30.3 Å². The molecule has 0 unspecified atom stereocenters. The second-order valence-corrected chi connectivity index (χ2v) is 6.12. The van der Waals surface area contributed by atoms with Crippen LogP contribution in [-0.4, -0.2) is 41.6 Å². The van der Waals surface area contributed by atoms with E-state index in [2.05, 4.69) is 17.6 Å². The fourth-order valence-electron chi connectivity index (χ4n) is 1.30. The number of amides is 2. The van der Waals surface area contributed by atoms with Crippen LogP contribution in [0, 0.1) is 0 Å². The van der Waals surface area contributed by atoms with E-state index in [1.54, 1.807) is 0 Å². The van der Waals surface area contributed by atoms with Crippen molar-refractivity contribution in [2.45, 2.75) is 25.0 Å². The molecule has 0 bridgehead atoms. The molecule has 5 heteroatoms. The smallest absolute Gasteiger partial charge is 0.314 e. The van der Waals surface area contributed by atoms with E-state index in [4.69, 9.17) is 0 Å². The van der Waals surface area contributed by atoms with Gasteiger partial charge in [-0.15, -0.1) is 0 Å². The zero-order valence-corrected chi connectivity index (χ0v) is 10.9. The lowest BCUT2D eigenvalue weighted by atomic mass is 10.3. The van der Waals surface area contributed by atoms with E-state index in [1.165, 1.54) is 17.3 Å². The molecule has 0 aliphatic carbocycles. The largest absolute Gasteiger partial charge is 0.338 e. The molecular weight excluding hydrogens is 228 g/mol. The Morgan fingerprint density at radius 2 is 2.27 bits per heavy atom. The summed E-state index contributed by atoms with van der Waals surface area (Å²) in [5.41, 5.74) is 0. The number of thioether (sulfide) groups is 2. The Morgan fingerprint density at radius 1 is 1.40 bits per heavy atom. The van der Waals surface area contributed by atoms with Crippen LogP contribution in [0.5, 0.6) is 0 Å². The molecule has 1 fully saturated rings. The first-order valence-corrected chi connectivity index (χ1v) is 7.74. The average molecular weight is 248 g/mol. The lowest BCUT2D eigenvalue weighted by molar-refractivity contribution is 0.241. The van der Waals surface area contributed by atoms with Crippen LogP contribution in [0.2, 0.25) is 0 Å². The Hall–Kier alpha value is -0.0300. The second-order valence-electron chi connectivity index (χ2n) is 3.56. The minimum atomic E-state index is -0.0142. The van der Waals surface area contributed by atoms with Crippen molar-refractivity contribution in [3.8, 4) is 0 Å². The van der Waals surface area contributed by atoms with Crippen LogP contribution in [0.4, 0.5) is 4.79 Å². The number of hydrogen-bond acceptors (Lipinski definition) is 3. The van der Waals surface area contributed by atoms with Gasteiger partial charge in [-0.3, -0.25) is 0 Å². The SMILES string of the molecule is CCCCNC(=O)NC[C@H]1CSCCS1. The van der Waals surface area contributed by atoms with Gasteiger partial charge in [0.1, 0.15) is 0 Å². The third kappa shape index (κ3) is 6.20. The Morgan fingerprint density at radius 3 is 2.93 bits per heavy atom. The van der Waals surface area contributed by atoms with Gasteiger partial charge >= 0.3 is 6.03 Å². The maximum atomic E-state index is 11.3. The molecule has 2 amide bonds. The highest BCUT2D eigenvalue weighted by Gasteiger charge is 2.14. The summed E-state index contributed by atoms with van der Waals surface area (Å²) in [6, 6.07) is -0.0142. The Balaban J connectivity index is 2.00. The predicted molar refractivity (Wildman–Crippen MR) is 69.9 cm³/mol. The molecule has 0 spiro atoms. The molecule has 1 heterocycles. The van der Waals surface area contributed by atoms with Crippen LogP contribution < -0.4 is 10.6 Å². The van der Waals surface area contributed by atoms with Gasteiger partial charge in [0.2, 0.25) is 0 Å². The van der Waals surface area contributed by atoms with Crippen LogP contribution in [0.3, 0.4) is 0 Å². The first kappa shape index (κ1) is 13.0. The van der Waals surface area contributed by atoms with Crippen molar-refractivity contribution in [1.29, 1.82) is 0 Å². The zero-order chi connectivity index (χ0) is 10.9. The van der Waals surface area contributed by atoms with Gasteiger partial charge < -0.3 is 10.6 Å². The van der Waals surface area contributed by atoms with Gasteiger partial charge in [0.15, 0.2) is 0 Å². The van der Waals surface area contributed by atoms with E-state index in [0.717, 1.165) is 25.9 Å². The van der Waals surface area contributed by atoms with Gasteiger partial charge in [-0.25, -0.2) is 4.79 Å². The molecule has 1 rings (SSSR count). The van der Waals surface area contributed by atoms with Crippen LogP contribution in [0.1, 0.15) is 19.8 Å². The lowest BCUT2D eigenvalue weighted by Crippen LogP contribution is -2.40. The monoisotopic (exact) mass is 248 g/mol. The lowest BCUT2D eigenvalue weighted by Gasteiger charge is -2.21. The Labute approximate surface area is 101 Å². The van der Waals surface area contributed by atoms with Crippen molar-refractivity contribution in [3.63, 3.8) is 0 Å². The van der Waals surface area contributed by atoms with Crippen LogP contribution in [0.15, 0.2) is 0 Å². The predicted octanol–water partition coefficient (Wildman–Crippen LogP) is 1.93. The van der Waals surface area contributed by atoms with Gasteiger partial charge in [-0.1, -0.05) is 13.3 Å². The summed E-state index contributed by atoms with van der Waals surface area (Å²) >= 11 is 3.95. The molecule has 3 nitrogen and oxygen atoms in total. The molecule has 1 atom stereocenters. The minimum absolute atomic E-state index is 0.0142. The normalized spacial score (nSPS) is 21.0. The standard InChI is InChI=1S/C10H20N2OS2/c1-2-3-4-11-10(13)12-7-9-8-14-5-6-15-9/h9H,2-8H2,1H3,(H2,11,12,13)/t9-/m0/s1. The molecule has 0 aromatic rings. The number of hydrogen-bond donors (Lipinski definition) is 2. The molecule has 88 valence electrons. The summed E-state index contributed by atoms with van der Waals surface area (Å²) in [7, 11) is 0. The van der Waals surface area contributed by atoms with Crippen molar-refractivity contribution in [3.05, 3.63) is 0 Å². The van der Waals surface area contributed by atoms with E-state index >= 15 is 0 Å². The summed E-state index contributed by atoms with van der Waals surface area (Å²) in [6.45, 7) is 3.71. The average Bonchev–Trinajstić information content (AvgIpc) is 2.28. The fourth-order valence-corrected chi connectivity index (χ4v) is 3.91. The number of carbonyl (C=O) groups excluding carboxylic acids is 1. The van der Waals surface area contributed by atoms with Crippen molar-refractivity contribution < 1.29 is 4.79 Å². The Kier molecular flexibility index (Phi) is 7.09. The van der Waals surface area contributed by atoms with E-state index in [1.807, 2.05) is 23.5 Å². The number of rotatable bonds is 5.